The Morgan fingerprint density at radius 3 is 1.44 bits per heavy atom. The molecule has 0 aliphatic rings. The minimum atomic E-state index is -1.18. The van der Waals surface area contributed by atoms with Gasteiger partial charge in [-0.1, -0.05) is 60.7 Å². The van der Waals surface area contributed by atoms with Gasteiger partial charge in [0, 0.05) is 0 Å². The smallest absolute Gasteiger partial charge is 0.0215 e. The lowest BCUT2D eigenvalue weighted by atomic mass is 10.2. The minimum absolute atomic E-state index is 0.672. The third kappa shape index (κ3) is 3.44. The highest BCUT2D eigenvalue weighted by Gasteiger charge is 1.97. The van der Waals surface area contributed by atoms with Crippen molar-refractivity contribution < 1.29 is 4.89 Å². The molecule has 2 rings (SSSR count). The van der Waals surface area contributed by atoms with Crippen LogP contribution in [0, 0.1) is 0 Å². The minimum Gasteiger partial charge on any atom is -0.829 e. The summed E-state index contributed by atoms with van der Waals surface area (Å²) in [4.78, 5) is 11.9. The summed E-state index contributed by atoms with van der Waals surface area (Å²) in [5.74, 6) is 0. The Labute approximate surface area is 97.6 Å². The first-order valence-electron chi connectivity index (χ1n) is 5.34. The van der Waals surface area contributed by atoms with Gasteiger partial charge < -0.3 is 4.89 Å². The normalized spacial score (nSPS) is 10.6. The van der Waals surface area contributed by atoms with Crippen LogP contribution in [-0.4, -0.2) is 0 Å². The molecule has 0 heterocycles. The van der Waals surface area contributed by atoms with Gasteiger partial charge in [0.05, 0.1) is 0 Å². The van der Waals surface area contributed by atoms with Gasteiger partial charge in [-0.05, 0) is 23.5 Å². The molecule has 1 nitrogen and oxygen atoms in total. The Kier molecular flexibility index (Phi) is 4.10. The largest absolute Gasteiger partial charge is 0.829 e. The summed E-state index contributed by atoms with van der Waals surface area (Å²) >= 11 is 0. The lowest BCUT2D eigenvalue weighted by molar-refractivity contribution is -0.160. The zero-order valence-corrected chi connectivity index (χ0v) is 9.94. The Morgan fingerprint density at radius 2 is 1.06 bits per heavy atom. The molecule has 82 valence electrons. The zero-order chi connectivity index (χ0) is 11.2. The summed E-state index contributed by atoms with van der Waals surface area (Å²) in [6.45, 7) is 0. The van der Waals surface area contributed by atoms with Crippen molar-refractivity contribution in [3.63, 3.8) is 0 Å². The van der Waals surface area contributed by atoms with Crippen molar-refractivity contribution >= 4 is 8.15 Å². The van der Waals surface area contributed by atoms with Crippen molar-refractivity contribution in [3.05, 3.63) is 71.8 Å². The molecule has 0 aliphatic heterocycles. The molecule has 0 atom stereocenters. The topological polar surface area (TPSA) is 23.1 Å². The molecule has 0 aliphatic carbocycles. The van der Waals surface area contributed by atoms with Gasteiger partial charge in [0.1, 0.15) is 0 Å². The van der Waals surface area contributed by atoms with Crippen molar-refractivity contribution in [1.82, 2.24) is 0 Å². The predicted molar refractivity (Wildman–Crippen MR) is 67.2 cm³/mol. The molecule has 0 aromatic heterocycles. The highest BCUT2D eigenvalue weighted by Crippen LogP contribution is 2.34. The number of hydrogen-bond donors (Lipinski definition) is 0. The molecule has 0 radical (unpaired) electrons. The highest BCUT2D eigenvalue weighted by atomic mass is 31.1. The van der Waals surface area contributed by atoms with Crippen LogP contribution in [0.3, 0.4) is 0 Å². The average molecular weight is 229 g/mol. The maximum Gasteiger partial charge on any atom is -0.0215 e. The van der Waals surface area contributed by atoms with Crippen molar-refractivity contribution in [2.45, 2.75) is 12.3 Å². The van der Waals surface area contributed by atoms with Crippen molar-refractivity contribution in [1.29, 1.82) is 0 Å². The molecule has 2 aromatic carbocycles. The van der Waals surface area contributed by atoms with Crippen LogP contribution in [0.15, 0.2) is 60.7 Å². The summed E-state index contributed by atoms with van der Waals surface area (Å²) in [5, 5.41) is 0. The second kappa shape index (κ2) is 5.79. The molecule has 0 unspecified atom stereocenters. The van der Waals surface area contributed by atoms with E-state index in [-0.39, 0.29) is 0 Å². The van der Waals surface area contributed by atoms with E-state index in [1.165, 1.54) is 0 Å². The second-order valence-corrected chi connectivity index (χ2v) is 5.37. The zero-order valence-electron chi connectivity index (χ0n) is 9.04. The van der Waals surface area contributed by atoms with Gasteiger partial charge in [-0.25, -0.2) is 0 Å². The van der Waals surface area contributed by atoms with Crippen LogP contribution in [0.2, 0.25) is 0 Å². The maximum atomic E-state index is 11.9. The first-order chi connectivity index (χ1) is 7.84. The van der Waals surface area contributed by atoms with Crippen LogP contribution in [0.1, 0.15) is 11.1 Å². The molecule has 0 bridgehead atoms. The summed E-state index contributed by atoms with van der Waals surface area (Å²) in [5.41, 5.74) is 2.30. The lowest BCUT2D eigenvalue weighted by Gasteiger charge is -2.23. The van der Waals surface area contributed by atoms with E-state index in [1.54, 1.807) is 0 Å². The van der Waals surface area contributed by atoms with Crippen LogP contribution in [0.5, 0.6) is 0 Å². The number of benzene rings is 2. The van der Waals surface area contributed by atoms with Crippen LogP contribution < -0.4 is 4.89 Å². The predicted octanol–water partition coefficient (Wildman–Crippen LogP) is 3.14. The highest BCUT2D eigenvalue weighted by molar-refractivity contribution is 7.48. The van der Waals surface area contributed by atoms with Crippen LogP contribution >= 0.6 is 8.15 Å². The van der Waals surface area contributed by atoms with Gasteiger partial charge in [0.15, 0.2) is 0 Å². The Bertz CT molecular complexity index is 372. The molecule has 0 saturated carbocycles. The van der Waals surface area contributed by atoms with Gasteiger partial charge >= 0.3 is 0 Å². The third-order valence-electron chi connectivity index (χ3n) is 2.40. The Hall–Kier alpha value is -1.17. The lowest BCUT2D eigenvalue weighted by Crippen LogP contribution is -2.00. The molecule has 0 saturated heterocycles. The standard InChI is InChI=1S/C14H14OP/c15-16(11-13-7-3-1-4-8-13)12-14-9-5-2-6-10-14/h1-10H,11-12H2/q-1. The van der Waals surface area contributed by atoms with E-state index >= 15 is 0 Å². The average Bonchev–Trinajstić information content (AvgIpc) is 2.31. The summed E-state index contributed by atoms with van der Waals surface area (Å²) < 4.78 is 0. The summed E-state index contributed by atoms with van der Waals surface area (Å²) in [6, 6.07) is 20.0. The van der Waals surface area contributed by atoms with Gasteiger partial charge in [-0.2, -0.15) is 8.15 Å². The third-order valence-corrected chi connectivity index (χ3v) is 3.84. The van der Waals surface area contributed by atoms with E-state index in [2.05, 4.69) is 0 Å². The van der Waals surface area contributed by atoms with Crippen molar-refractivity contribution in [3.8, 4) is 0 Å². The van der Waals surface area contributed by atoms with E-state index in [9.17, 15) is 4.89 Å². The quantitative estimate of drug-likeness (QED) is 0.738. The van der Waals surface area contributed by atoms with Crippen molar-refractivity contribution in [2.75, 3.05) is 0 Å². The van der Waals surface area contributed by atoms with Gasteiger partial charge in [-0.15, -0.1) is 0 Å². The molecule has 16 heavy (non-hydrogen) atoms. The molecule has 2 heteroatoms. The molecule has 0 N–H and O–H groups in total. The van der Waals surface area contributed by atoms with Crippen molar-refractivity contribution in [2.24, 2.45) is 0 Å². The van der Waals surface area contributed by atoms with Gasteiger partial charge in [0.2, 0.25) is 0 Å². The molecule has 2 aromatic rings. The van der Waals surface area contributed by atoms with Gasteiger partial charge in [0.25, 0.3) is 0 Å². The van der Waals surface area contributed by atoms with E-state index in [4.69, 9.17) is 0 Å². The fraction of sp³-hybridized carbons (Fsp3) is 0.143. The Morgan fingerprint density at radius 1 is 0.688 bits per heavy atom. The summed E-state index contributed by atoms with van der Waals surface area (Å²) in [6.07, 6.45) is 1.34. The van der Waals surface area contributed by atoms with Gasteiger partial charge in [-0.3, -0.25) is 0 Å². The Balaban J connectivity index is 1.92. The van der Waals surface area contributed by atoms with E-state index < -0.39 is 8.15 Å². The number of hydrogen-bond acceptors (Lipinski definition) is 1. The first kappa shape index (κ1) is 11.3. The SMILES string of the molecule is [O-]P(Cc1ccccc1)Cc1ccccc1. The molecular weight excluding hydrogens is 215 g/mol. The fourth-order valence-electron chi connectivity index (χ4n) is 1.63. The van der Waals surface area contributed by atoms with E-state index in [0.29, 0.717) is 12.3 Å². The maximum absolute atomic E-state index is 11.9. The number of rotatable bonds is 4. The van der Waals surface area contributed by atoms with Crippen LogP contribution in [0.25, 0.3) is 0 Å². The van der Waals surface area contributed by atoms with Crippen LogP contribution in [0.4, 0.5) is 0 Å². The molecule has 0 spiro atoms. The fourth-order valence-corrected chi connectivity index (χ4v) is 2.98. The molecular formula is C14H14OP-. The molecule has 0 fully saturated rings. The van der Waals surface area contributed by atoms with E-state index in [0.717, 1.165) is 11.1 Å². The monoisotopic (exact) mass is 229 g/mol. The summed E-state index contributed by atoms with van der Waals surface area (Å²) in [7, 11) is -1.18. The van der Waals surface area contributed by atoms with Crippen LogP contribution in [-0.2, 0) is 12.3 Å². The van der Waals surface area contributed by atoms with E-state index in [1.807, 2.05) is 60.7 Å². The molecule has 0 amide bonds. The second-order valence-electron chi connectivity index (χ2n) is 3.77. The first-order valence-corrected chi connectivity index (χ1v) is 6.97.